The van der Waals surface area contributed by atoms with E-state index in [-0.39, 0.29) is 0 Å². The molecule has 0 aliphatic rings. The smallest absolute Gasteiger partial charge is 0.0484 e. The summed E-state index contributed by atoms with van der Waals surface area (Å²) in [6.45, 7) is 0. The SMILES string of the molecule is Clc1ccc(-c2ccccc2)cc1-c1ccc2ccccc2c1. The van der Waals surface area contributed by atoms with Crippen LogP contribution in [0.2, 0.25) is 5.02 Å². The molecule has 110 valence electrons. The molecule has 1 heteroatoms. The fourth-order valence-electron chi connectivity index (χ4n) is 2.91. The molecule has 0 fully saturated rings. The lowest BCUT2D eigenvalue weighted by molar-refractivity contribution is 1.60. The van der Waals surface area contributed by atoms with Gasteiger partial charge in [-0.2, -0.15) is 0 Å². The minimum Gasteiger partial charge on any atom is -0.0837 e. The van der Waals surface area contributed by atoms with Crippen molar-refractivity contribution in [1.29, 1.82) is 0 Å². The minimum atomic E-state index is 0.778. The maximum Gasteiger partial charge on any atom is 0.0484 e. The van der Waals surface area contributed by atoms with Crippen molar-refractivity contribution in [3.8, 4) is 22.3 Å². The molecule has 23 heavy (non-hydrogen) atoms. The third-order valence-electron chi connectivity index (χ3n) is 4.13. The highest BCUT2D eigenvalue weighted by molar-refractivity contribution is 6.33. The normalized spacial score (nSPS) is 10.8. The van der Waals surface area contributed by atoms with Gasteiger partial charge in [0, 0.05) is 10.6 Å². The largest absolute Gasteiger partial charge is 0.0837 e. The van der Waals surface area contributed by atoms with Crippen molar-refractivity contribution in [2.75, 3.05) is 0 Å². The number of halogens is 1. The van der Waals surface area contributed by atoms with E-state index >= 15 is 0 Å². The molecular weight excluding hydrogens is 300 g/mol. The van der Waals surface area contributed by atoms with Gasteiger partial charge >= 0.3 is 0 Å². The van der Waals surface area contributed by atoms with E-state index in [1.807, 2.05) is 12.1 Å². The second-order valence-electron chi connectivity index (χ2n) is 5.62. The van der Waals surface area contributed by atoms with Gasteiger partial charge in [0.05, 0.1) is 0 Å². The molecule has 0 aliphatic heterocycles. The number of hydrogen-bond acceptors (Lipinski definition) is 0. The highest BCUT2D eigenvalue weighted by atomic mass is 35.5. The van der Waals surface area contributed by atoms with Crippen molar-refractivity contribution in [3.63, 3.8) is 0 Å². The standard InChI is InChI=1S/C22H15Cl/c23-22-13-12-19(16-6-2-1-3-7-16)15-21(22)20-11-10-17-8-4-5-9-18(17)14-20/h1-15H. The molecule has 4 aromatic rings. The molecule has 0 saturated heterocycles. The molecule has 0 spiro atoms. The van der Waals surface area contributed by atoms with E-state index < -0.39 is 0 Å². The summed E-state index contributed by atoms with van der Waals surface area (Å²) in [4.78, 5) is 0. The molecule has 0 bridgehead atoms. The highest BCUT2D eigenvalue weighted by Gasteiger charge is 2.07. The summed E-state index contributed by atoms with van der Waals surface area (Å²) >= 11 is 6.47. The lowest BCUT2D eigenvalue weighted by atomic mass is 9.97. The van der Waals surface area contributed by atoms with Crippen LogP contribution in [-0.4, -0.2) is 0 Å². The van der Waals surface area contributed by atoms with Gasteiger partial charge in [-0.3, -0.25) is 0 Å². The van der Waals surface area contributed by atoms with Crippen LogP contribution in [0.25, 0.3) is 33.0 Å². The summed E-state index contributed by atoms with van der Waals surface area (Å²) in [7, 11) is 0. The van der Waals surface area contributed by atoms with Crippen molar-refractivity contribution >= 4 is 22.4 Å². The van der Waals surface area contributed by atoms with E-state index in [1.165, 1.54) is 21.9 Å². The number of hydrogen-bond donors (Lipinski definition) is 0. The monoisotopic (exact) mass is 314 g/mol. The van der Waals surface area contributed by atoms with Gasteiger partial charge in [0.1, 0.15) is 0 Å². The Balaban J connectivity index is 1.86. The Kier molecular flexibility index (Phi) is 3.61. The average Bonchev–Trinajstić information content (AvgIpc) is 2.62. The van der Waals surface area contributed by atoms with Crippen molar-refractivity contribution in [2.24, 2.45) is 0 Å². The second-order valence-corrected chi connectivity index (χ2v) is 6.03. The Morgan fingerprint density at radius 2 is 1.17 bits per heavy atom. The third kappa shape index (κ3) is 2.74. The first-order chi connectivity index (χ1) is 11.3. The predicted octanol–water partition coefficient (Wildman–Crippen LogP) is 6.83. The molecule has 4 aromatic carbocycles. The second kappa shape index (κ2) is 5.91. The Morgan fingerprint density at radius 1 is 0.478 bits per heavy atom. The zero-order chi connectivity index (χ0) is 15.6. The third-order valence-corrected chi connectivity index (χ3v) is 4.46. The molecule has 4 rings (SSSR count). The van der Waals surface area contributed by atoms with Crippen molar-refractivity contribution in [3.05, 3.63) is 96.0 Å². The summed E-state index contributed by atoms with van der Waals surface area (Å²) in [5, 5.41) is 3.25. The Hall–Kier alpha value is -2.57. The summed E-state index contributed by atoms with van der Waals surface area (Å²) in [5.74, 6) is 0. The Labute approximate surface area is 141 Å². The molecular formula is C22H15Cl. The van der Waals surface area contributed by atoms with Gasteiger partial charge in [-0.25, -0.2) is 0 Å². The predicted molar refractivity (Wildman–Crippen MR) is 99.8 cm³/mol. The van der Waals surface area contributed by atoms with E-state index in [0.29, 0.717) is 0 Å². The van der Waals surface area contributed by atoms with Crippen LogP contribution in [0.4, 0.5) is 0 Å². The van der Waals surface area contributed by atoms with Crippen LogP contribution in [0.5, 0.6) is 0 Å². The summed E-state index contributed by atoms with van der Waals surface area (Å²) in [6, 6.07) is 31.5. The number of rotatable bonds is 2. The van der Waals surface area contributed by atoms with Crippen LogP contribution in [0.1, 0.15) is 0 Å². The Bertz CT molecular complexity index is 971. The molecule has 0 radical (unpaired) electrons. The molecule has 0 aromatic heterocycles. The molecule has 0 heterocycles. The van der Waals surface area contributed by atoms with Gasteiger partial charge in [-0.05, 0) is 45.7 Å². The maximum absolute atomic E-state index is 6.47. The number of benzene rings is 4. The van der Waals surface area contributed by atoms with Crippen molar-refractivity contribution in [2.45, 2.75) is 0 Å². The van der Waals surface area contributed by atoms with Crippen LogP contribution in [0, 0.1) is 0 Å². The van der Waals surface area contributed by atoms with Crippen LogP contribution in [-0.2, 0) is 0 Å². The van der Waals surface area contributed by atoms with Gasteiger partial charge < -0.3 is 0 Å². The minimum absolute atomic E-state index is 0.778. The fourth-order valence-corrected chi connectivity index (χ4v) is 3.14. The summed E-state index contributed by atoms with van der Waals surface area (Å²) < 4.78 is 0. The lowest BCUT2D eigenvalue weighted by Gasteiger charge is -2.09. The first kappa shape index (κ1) is 14.0. The van der Waals surface area contributed by atoms with Crippen LogP contribution < -0.4 is 0 Å². The van der Waals surface area contributed by atoms with E-state index in [2.05, 4.69) is 78.9 Å². The van der Waals surface area contributed by atoms with E-state index in [0.717, 1.165) is 16.1 Å². The van der Waals surface area contributed by atoms with Crippen LogP contribution in [0.15, 0.2) is 91.0 Å². The maximum atomic E-state index is 6.47. The highest BCUT2D eigenvalue weighted by Crippen LogP contribution is 2.34. The fraction of sp³-hybridized carbons (Fsp3) is 0. The van der Waals surface area contributed by atoms with Crippen LogP contribution in [0.3, 0.4) is 0 Å². The van der Waals surface area contributed by atoms with Gasteiger partial charge in [0.2, 0.25) is 0 Å². The van der Waals surface area contributed by atoms with Crippen LogP contribution >= 0.6 is 11.6 Å². The van der Waals surface area contributed by atoms with Crippen molar-refractivity contribution in [1.82, 2.24) is 0 Å². The Morgan fingerprint density at radius 3 is 2.00 bits per heavy atom. The summed E-state index contributed by atoms with van der Waals surface area (Å²) in [5.41, 5.74) is 4.59. The van der Waals surface area contributed by atoms with Gasteiger partial charge in [0.15, 0.2) is 0 Å². The van der Waals surface area contributed by atoms with Gasteiger partial charge in [-0.15, -0.1) is 0 Å². The zero-order valence-corrected chi connectivity index (χ0v) is 13.3. The van der Waals surface area contributed by atoms with Gasteiger partial charge in [-0.1, -0.05) is 84.4 Å². The van der Waals surface area contributed by atoms with Gasteiger partial charge in [0.25, 0.3) is 0 Å². The topological polar surface area (TPSA) is 0 Å². The molecule has 0 nitrogen and oxygen atoms in total. The quantitative estimate of drug-likeness (QED) is 0.380. The first-order valence-electron chi connectivity index (χ1n) is 7.65. The number of fused-ring (bicyclic) bond motifs is 1. The first-order valence-corrected chi connectivity index (χ1v) is 8.03. The summed E-state index contributed by atoms with van der Waals surface area (Å²) in [6.07, 6.45) is 0. The van der Waals surface area contributed by atoms with Crippen molar-refractivity contribution < 1.29 is 0 Å². The zero-order valence-electron chi connectivity index (χ0n) is 12.5. The molecule has 0 saturated carbocycles. The average molecular weight is 315 g/mol. The molecule has 0 N–H and O–H groups in total. The molecule has 0 aliphatic carbocycles. The van der Waals surface area contributed by atoms with E-state index in [4.69, 9.17) is 11.6 Å². The molecule has 0 amide bonds. The molecule has 0 atom stereocenters. The lowest BCUT2D eigenvalue weighted by Crippen LogP contribution is -1.84. The molecule has 0 unspecified atom stereocenters. The van der Waals surface area contributed by atoms with E-state index in [1.54, 1.807) is 0 Å². The van der Waals surface area contributed by atoms with E-state index in [9.17, 15) is 0 Å².